The number of carboxylic acid groups (broad SMARTS) is 1. The monoisotopic (exact) mass is 385 g/mol. The van der Waals surface area contributed by atoms with Gasteiger partial charge in [-0.3, -0.25) is 29.4 Å². The lowest BCUT2D eigenvalue weighted by Crippen LogP contribution is -2.41. The number of imide groups is 1. The van der Waals surface area contributed by atoms with E-state index in [1.807, 2.05) is 0 Å². The molecule has 0 aromatic heterocycles. The van der Waals surface area contributed by atoms with Crippen molar-refractivity contribution in [1.29, 1.82) is 0 Å². The second kappa shape index (κ2) is 5.60. The molecule has 0 unspecified atom stereocenters. The minimum Gasteiger partial charge on any atom is -0.480 e. The van der Waals surface area contributed by atoms with Crippen molar-refractivity contribution >= 4 is 29.2 Å². The average molecular weight is 385 g/mol. The number of nitro benzene ring substituents is 1. The van der Waals surface area contributed by atoms with Gasteiger partial charge in [-0.2, -0.15) is 0 Å². The maximum absolute atomic E-state index is 12.8. The first-order valence-corrected chi connectivity index (χ1v) is 8.94. The van der Waals surface area contributed by atoms with E-state index in [0.29, 0.717) is 17.7 Å². The van der Waals surface area contributed by atoms with Crippen LogP contribution in [-0.4, -0.2) is 51.1 Å². The predicted molar refractivity (Wildman–Crippen MR) is 90.9 cm³/mol. The maximum atomic E-state index is 12.8. The first-order valence-electron chi connectivity index (χ1n) is 8.94. The van der Waals surface area contributed by atoms with Gasteiger partial charge < -0.3 is 9.94 Å². The van der Waals surface area contributed by atoms with Crippen molar-refractivity contribution in [2.75, 3.05) is 6.54 Å². The SMILES string of the molecule is O=C(O)CN1C(=O)[C@@H]2[C@H]3C[C@@H]([C@H]4C(c5cccc([N+](=O)[O-])c5)=NO[C@H]34)[C@H]2C1=O. The van der Waals surface area contributed by atoms with Crippen molar-refractivity contribution in [3.05, 3.63) is 39.9 Å². The number of carboxylic acids is 1. The van der Waals surface area contributed by atoms with Crippen molar-refractivity contribution in [3.8, 4) is 0 Å². The minimum absolute atomic E-state index is 0.0653. The zero-order valence-electron chi connectivity index (χ0n) is 14.4. The second-order valence-corrected chi connectivity index (χ2v) is 7.65. The Kier molecular flexibility index (Phi) is 3.37. The predicted octanol–water partition coefficient (Wildman–Crippen LogP) is 0.649. The van der Waals surface area contributed by atoms with Gasteiger partial charge >= 0.3 is 5.97 Å². The van der Waals surface area contributed by atoms with Crippen LogP contribution in [0.3, 0.4) is 0 Å². The van der Waals surface area contributed by atoms with Crippen LogP contribution in [0.4, 0.5) is 5.69 Å². The molecule has 0 radical (unpaired) electrons. The van der Waals surface area contributed by atoms with Crippen LogP contribution < -0.4 is 0 Å². The quantitative estimate of drug-likeness (QED) is 0.456. The van der Waals surface area contributed by atoms with Gasteiger partial charge in [0.2, 0.25) is 11.8 Å². The summed E-state index contributed by atoms with van der Waals surface area (Å²) in [5.41, 5.74) is 1.05. The van der Waals surface area contributed by atoms with Crippen LogP contribution in [-0.2, 0) is 19.2 Å². The van der Waals surface area contributed by atoms with E-state index >= 15 is 0 Å². The summed E-state index contributed by atoms with van der Waals surface area (Å²) in [5, 5.41) is 24.2. The lowest BCUT2D eigenvalue weighted by atomic mass is 9.71. The van der Waals surface area contributed by atoms with E-state index in [1.54, 1.807) is 12.1 Å². The first-order chi connectivity index (χ1) is 13.4. The number of carbonyl (C=O) groups excluding carboxylic acids is 2. The van der Waals surface area contributed by atoms with Crippen LogP contribution in [0.1, 0.15) is 12.0 Å². The number of likely N-dealkylation sites (tertiary alicyclic amines) is 1. The van der Waals surface area contributed by atoms with Gasteiger partial charge in [0.25, 0.3) is 5.69 Å². The van der Waals surface area contributed by atoms with Crippen LogP contribution >= 0.6 is 0 Å². The van der Waals surface area contributed by atoms with Crippen LogP contribution in [0.5, 0.6) is 0 Å². The molecular weight excluding hydrogens is 370 g/mol. The second-order valence-electron chi connectivity index (χ2n) is 7.65. The molecule has 28 heavy (non-hydrogen) atoms. The molecule has 2 aliphatic heterocycles. The Morgan fingerprint density at radius 3 is 2.64 bits per heavy atom. The fourth-order valence-corrected chi connectivity index (χ4v) is 5.50. The molecular formula is C18H15N3O7. The van der Waals surface area contributed by atoms with Crippen LogP contribution in [0.25, 0.3) is 0 Å². The van der Waals surface area contributed by atoms with E-state index in [1.165, 1.54) is 12.1 Å². The highest BCUT2D eigenvalue weighted by molar-refractivity contribution is 6.10. The molecule has 2 saturated carbocycles. The highest BCUT2D eigenvalue weighted by Gasteiger charge is 2.70. The molecule has 5 rings (SSSR count). The summed E-state index contributed by atoms with van der Waals surface area (Å²) in [6.07, 6.45) is 0.249. The molecule has 3 fully saturated rings. The highest BCUT2D eigenvalue weighted by Crippen LogP contribution is 2.61. The van der Waals surface area contributed by atoms with Crippen LogP contribution in [0.2, 0.25) is 0 Å². The van der Waals surface area contributed by atoms with E-state index in [4.69, 9.17) is 9.94 Å². The third-order valence-electron chi connectivity index (χ3n) is 6.43. The molecule has 1 saturated heterocycles. The summed E-state index contributed by atoms with van der Waals surface area (Å²) in [7, 11) is 0. The molecule has 1 aromatic carbocycles. The third-order valence-corrected chi connectivity index (χ3v) is 6.43. The van der Waals surface area contributed by atoms with Crippen molar-refractivity contribution in [2.45, 2.75) is 12.5 Å². The van der Waals surface area contributed by atoms with E-state index in [-0.39, 0.29) is 29.5 Å². The lowest BCUT2D eigenvalue weighted by Gasteiger charge is -2.29. The molecule has 2 bridgehead atoms. The molecule has 2 amide bonds. The standard InChI is InChI=1S/C18H15N3O7/c22-11(23)6-20-17(24)12-9-5-10(13(12)18(20)25)16-14(9)15(19-28-16)7-2-1-3-8(4-7)21(26)27/h1-4,9-10,12-14,16H,5-6H2,(H,22,23)/t9-,10-,12-,13-,14+,16-/m1/s1. The van der Waals surface area contributed by atoms with E-state index in [2.05, 4.69) is 5.16 Å². The Balaban J connectivity index is 1.47. The van der Waals surface area contributed by atoms with Gasteiger partial charge in [-0.15, -0.1) is 0 Å². The number of hydrogen-bond acceptors (Lipinski definition) is 7. The van der Waals surface area contributed by atoms with Crippen molar-refractivity contribution in [1.82, 2.24) is 4.90 Å². The van der Waals surface area contributed by atoms with Crippen LogP contribution in [0, 0.1) is 39.7 Å². The van der Waals surface area contributed by atoms with Gasteiger partial charge in [0.15, 0.2) is 0 Å². The Morgan fingerprint density at radius 1 is 1.25 bits per heavy atom. The number of nitro groups is 1. The molecule has 0 spiro atoms. The van der Waals surface area contributed by atoms with Crippen LogP contribution in [0.15, 0.2) is 29.4 Å². The summed E-state index contributed by atoms with van der Waals surface area (Å²) in [6.45, 7) is -0.633. The Bertz CT molecular complexity index is 974. The number of amides is 2. The van der Waals surface area contributed by atoms with Gasteiger partial charge in [-0.05, 0) is 12.3 Å². The van der Waals surface area contributed by atoms with Gasteiger partial charge in [0, 0.05) is 29.5 Å². The minimum atomic E-state index is -1.23. The smallest absolute Gasteiger partial charge is 0.323 e. The van der Waals surface area contributed by atoms with Gasteiger partial charge in [0.05, 0.1) is 22.5 Å². The van der Waals surface area contributed by atoms with Crippen molar-refractivity contribution < 1.29 is 29.3 Å². The third kappa shape index (κ3) is 2.08. The van der Waals surface area contributed by atoms with E-state index < -0.39 is 41.1 Å². The van der Waals surface area contributed by atoms with E-state index in [9.17, 15) is 24.5 Å². The molecule has 2 heterocycles. The largest absolute Gasteiger partial charge is 0.480 e. The molecule has 4 aliphatic rings. The maximum Gasteiger partial charge on any atom is 0.323 e. The fourth-order valence-electron chi connectivity index (χ4n) is 5.50. The Labute approximate surface area is 157 Å². The van der Waals surface area contributed by atoms with Gasteiger partial charge in [0.1, 0.15) is 12.6 Å². The zero-order valence-corrected chi connectivity index (χ0v) is 14.4. The number of oxime groups is 1. The number of fused-ring (bicyclic) bond motifs is 8. The Hall–Kier alpha value is -3.30. The summed E-state index contributed by atoms with van der Waals surface area (Å²) in [6, 6.07) is 6.08. The summed E-state index contributed by atoms with van der Waals surface area (Å²) >= 11 is 0. The molecule has 144 valence electrons. The highest BCUT2D eigenvalue weighted by atomic mass is 16.6. The normalized spacial score (nSPS) is 34.9. The molecule has 2 aliphatic carbocycles. The number of aliphatic carboxylic acids is 1. The van der Waals surface area contributed by atoms with E-state index in [0.717, 1.165) is 4.90 Å². The number of rotatable bonds is 4. The lowest BCUT2D eigenvalue weighted by molar-refractivity contribution is -0.384. The van der Waals surface area contributed by atoms with Gasteiger partial charge in [-0.25, -0.2) is 0 Å². The topological polar surface area (TPSA) is 139 Å². The number of benzene rings is 1. The number of nitrogens with zero attached hydrogens (tertiary/aromatic N) is 3. The Morgan fingerprint density at radius 2 is 1.96 bits per heavy atom. The first kappa shape index (κ1) is 16.8. The average Bonchev–Trinajstić information content (AvgIpc) is 3.38. The molecule has 1 N–H and O–H groups in total. The summed E-state index contributed by atoms with van der Waals surface area (Å²) < 4.78 is 0. The molecule has 1 aromatic rings. The fraction of sp³-hybridized carbons (Fsp3) is 0.444. The number of carbonyl (C=O) groups is 3. The van der Waals surface area contributed by atoms with Crippen molar-refractivity contribution in [2.24, 2.45) is 34.7 Å². The van der Waals surface area contributed by atoms with Crippen molar-refractivity contribution in [3.63, 3.8) is 0 Å². The van der Waals surface area contributed by atoms with Gasteiger partial charge in [-0.1, -0.05) is 17.3 Å². The molecule has 10 nitrogen and oxygen atoms in total. The zero-order chi connectivity index (χ0) is 19.7. The summed E-state index contributed by atoms with van der Waals surface area (Å²) in [5.74, 6) is -3.93. The summed E-state index contributed by atoms with van der Waals surface area (Å²) in [4.78, 5) is 53.5. The number of hydrogen-bond donors (Lipinski definition) is 1. The number of non-ortho nitro benzene ring substituents is 1. The molecule has 6 atom stereocenters. The molecule has 10 heteroatoms.